The first-order valence-electron chi connectivity index (χ1n) is 7.39. The number of rotatable bonds is 3. The van der Waals surface area contributed by atoms with E-state index in [-0.39, 0.29) is 17.5 Å². The Morgan fingerprint density at radius 2 is 2.13 bits per heavy atom. The molecule has 0 aliphatic carbocycles. The summed E-state index contributed by atoms with van der Waals surface area (Å²) >= 11 is 0. The van der Waals surface area contributed by atoms with Crippen molar-refractivity contribution in [1.82, 2.24) is 20.2 Å². The molecular formula is C16H18N4O3. The van der Waals surface area contributed by atoms with Crippen LogP contribution in [-0.4, -0.2) is 47.5 Å². The van der Waals surface area contributed by atoms with Crippen LogP contribution in [0.3, 0.4) is 0 Å². The van der Waals surface area contributed by atoms with Crippen molar-refractivity contribution >= 4 is 5.91 Å². The van der Waals surface area contributed by atoms with Crippen LogP contribution in [-0.2, 0) is 0 Å². The predicted octanol–water partition coefficient (Wildman–Crippen LogP) is 0.565. The molecule has 2 N–H and O–H groups in total. The number of aromatic nitrogens is 2. The van der Waals surface area contributed by atoms with Crippen molar-refractivity contribution in [2.24, 2.45) is 0 Å². The van der Waals surface area contributed by atoms with Gasteiger partial charge in [0, 0.05) is 25.8 Å². The topological polar surface area (TPSA) is 87.3 Å². The first-order valence-corrected chi connectivity index (χ1v) is 7.39. The number of carbonyl (C=O) groups is 1. The van der Waals surface area contributed by atoms with E-state index in [9.17, 15) is 9.59 Å². The molecule has 23 heavy (non-hydrogen) atoms. The second kappa shape index (κ2) is 6.62. The Hall–Kier alpha value is -2.67. The van der Waals surface area contributed by atoms with Gasteiger partial charge >= 0.3 is 0 Å². The highest BCUT2D eigenvalue weighted by molar-refractivity contribution is 5.93. The van der Waals surface area contributed by atoms with Crippen molar-refractivity contribution in [3.63, 3.8) is 0 Å². The minimum absolute atomic E-state index is 0.0629. The second-order valence-electron chi connectivity index (χ2n) is 5.29. The molecule has 1 aromatic carbocycles. The molecule has 7 nitrogen and oxygen atoms in total. The van der Waals surface area contributed by atoms with E-state index < -0.39 is 5.56 Å². The van der Waals surface area contributed by atoms with Crippen molar-refractivity contribution in [3.8, 4) is 5.75 Å². The van der Waals surface area contributed by atoms with Crippen LogP contribution in [0.2, 0.25) is 0 Å². The summed E-state index contributed by atoms with van der Waals surface area (Å²) in [4.78, 5) is 32.6. The van der Waals surface area contributed by atoms with E-state index in [1.807, 2.05) is 24.3 Å². The number of hydrogen-bond donors (Lipinski definition) is 2. The molecule has 120 valence electrons. The summed E-state index contributed by atoms with van der Waals surface area (Å²) < 4.78 is 5.17. The van der Waals surface area contributed by atoms with Crippen LogP contribution >= 0.6 is 0 Å². The number of hydrogen-bond acceptors (Lipinski definition) is 5. The van der Waals surface area contributed by atoms with Gasteiger partial charge in [0.05, 0.1) is 19.5 Å². The van der Waals surface area contributed by atoms with Crippen LogP contribution in [0, 0.1) is 0 Å². The van der Waals surface area contributed by atoms with Gasteiger partial charge in [0.1, 0.15) is 11.3 Å². The first kappa shape index (κ1) is 15.2. The largest absolute Gasteiger partial charge is 0.497 e. The molecule has 0 spiro atoms. The number of carbonyl (C=O) groups excluding carboxylic acids is 1. The highest BCUT2D eigenvalue weighted by Crippen LogP contribution is 2.25. The normalized spacial score (nSPS) is 17.8. The Morgan fingerprint density at radius 1 is 1.35 bits per heavy atom. The average molecular weight is 314 g/mol. The zero-order valence-corrected chi connectivity index (χ0v) is 12.8. The fourth-order valence-electron chi connectivity index (χ4n) is 2.72. The molecule has 1 amide bonds. The minimum Gasteiger partial charge on any atom is -0.497 e. The Bertz CT molecular complexity index is 741. The van der Waals surface area contributed by atoms with Gasteiger partial charge in [-0.3, -0.25) is 9.59 Å². The Labute approximate surface area is 133 Å². The maximum atomic E-state index is 12.7. The van der Waals surface area contributed by atoms with Crippen molar-refractivity contribution < 1.29 is 9.53 Å². The van der Waals surface area contributed by atoms with E-state index in [1.165, 1.54) is 12.5 Å². The summed E-state index contributed by atoms with van der Waals surface area (Å²) in [6.07, 6.45) is 2.59. The molecule has 0 radical (unpaired) electrons. The van der Waals surface area contributed by atoms with E-state index in [0.29, 0.717) is 19.6 Å². The van der Waals surface area contributed by atoms with E-state index in [2.05, 4.69) is 15.3 Å². The number of aromatic amines is 1. The Kier molecular flexibility index (Phi) is 4.38. The van der Waals surface area contributed by atoms with Gasteiger partial charge < -0.3 is 19.9 Å². The number of benzene rings is 1. The van der Waals surface area contributed by atoms with Gasteiger partial charge in [-0.25, -0.2) is 4.98 Å². The Morgan fingerprint density at radius 3 is 2.83 bits per heavy atom. The SMILES string of the molecule is COc1ccc([C@H]2CNCCN2C(=O)c2cnc[nH]c2=O)cc1. The van der Waals surface area contributed by atoms with Gasteiger partial charge in [-0.15, -0.1) is 0 Å². The zero-order chi connectivity index (χ0) is 16.2. The third-order valence-electron chi connectivity index (χ3n) is 3.95. The third-order valence-corrected chi connectivity index (χ3v) is 3.95. The molecule has 3 rings (SSSR count). The van der Waals surface area contributed by atoms with E-state index in [4.69, 9.17) is 4.74 Å². The molecule has 1 aliphatic heterocycles. The number of H-pyrrole nitrogens is 1. The molecule has 1 atom stereocenters. The molecule has 1 fully saturated rings. The lowest BCUT2D eigenvalue weighted by molar-refractivity contribution is 0.0632. The van der Waals surface area contributed by atoms with E-state index in [1.54, 1.807) is 12.0 Å². The van der Waals surface area contributed by atoms with Crippen LogP contribution in [0.15, 0.2) is 41.6 Å². The van der Waals surface area contributed by atoms with E-state index in [0.717, 1.165) is 11.3 Å². The lowest BCUT2D eigenvalue weighted by Gasteiger charge is -2.36. The van der Waals surface area contributed by atoms with Crippen molar-refractivity contribution in [2.75, 3.05) is 26.7 Å². The summed E-state index contributed by atoms with van der Waals surface area (Å²) in [5.41, 5.74) is 0.636. The minimum atomic E-state index is -0.419. The highest BCUT2D eigenvalue weighted by Gasteiger charge is 2.29. The molecule has 1 saturated heterocycles. The van der Waals surface area contributed by atoms with Crippen LogP contribution in [0.4, 0.5) is 0 Å². The molecule has 1 aliphatic rings. The lowest BCUT2D eigenvalue weighted by atomic mass is 10.0. The van der Waals surface area contributed by atoms with Crippen molar-refractivity contribution in [3.05, 3.63) is 58.3 Å². The standard InChI is InChI=1S/C16H18N4O3/c1-23-12-4-2-11(3-5-12)14-9-17-6-7-20(14)16(22)13-8-18-10-19-15(13)21/h2-5,8,10,14,17H,6-7,9H2,1H3,(H,18,19,21)/t14-/m1/s1. The number of piperazine rings is 1. The smallest absolute Gasteiger partial charge is 0.263 e. The number of nitrogens with zero attached hydrogens (tertiary/aromatic N) is 2. The maximum absolute atomic E-state index is 12.7. The number of amides is 1. The van der Waals surface area contributed by atoms with Gasteiger partial charge in [0.25, 0.3) is 11.5 Å². The van der Waals surface area contributed by atoms with Crippen molar-refractivity contribution in [2.45, 2.75) is 6.04 Å². The van der Waals surface area contributed by atoms with Crippen LogP contribution < -0.4 is 15.6 Å². The van der Waals surface area contributed by atoms with Gasteiger partial charge in [-0.1, -0.05) is 12.1 Å². The summed E-state index contributed by atoms with van der Waals surface area (Å²) in [6, 6.07) is 7.46. The third kappa shape index (κ3) is 3.09. The molecule has 2 aromatic rings. The van der Waals surface area contributed by atoms with E-state index >= 15 is 0 Å². The second-order valence-corrected chi connectivity index (χ2v) is 5.29. The Balaban J connectivity index is 1.90. The molecule has 7 heteroatoms. The monoisotopic (exact) mass is 314 g/mol. The summed E-state index contributed by atoms with van der Waals surface area (Å²) in [5, 5.41) is 3.29. The molecule has 0 unspecified atom stereocenters. The molecule has 0 saturated carbocycles. The first-order chi connectivity index (χ1) is 11.2. The van der Waals surface area contributed by atoms with Crippen molar-refractivity contribution in [1.29, 1.82) is 0 Å². The molecule has 1 aromatic heterocycles. The lowest BCUT2D eigenvalue weighted by Crippen LogP contribution is -2.49. The number of nitrogens with one attached hydrogen (secondary N) is 2. The van der Waals surface area contributed by atoms with Gasteiger partial charge in [0.2, 0.25) is 0 Å². The van der Waals surface area contributed by atoms with Crippen LogP contribution in [0.1, 0.15) is 22.0 Å². The summed E-state index contributed by atoms with van der Waals surface area (Å²) in [7, 11) is 1.61. The fourth-order valence-corrected chi connectivity index (χ4v) is 2.72. The molecule has 2 heterocycles. The van der Waals surface area contributed by atoms with Gasteiger partial charge in [-0.2, -0.15) is 0 Å². The quantitative estimate of drug-likeness (QED) is 0.864. The molecule has 0 bridgehead atoms. The fraction of sp³-hybridized carbons (Fsp3) is 0.312. The number of methoxy groups -OCH3 is 1. The van der Waals surface area contributed by atoms with Gasteiger partial charge in [0.15, 0.2) is 0 Å². The summed E-state index contributed by atoms with van der Waals surface area (Å²) in [5.74, 6) is 0.459. The maximum Gasteiger partial charge on any atom is 0.263 e. The van der Waals surface area contributed by atoms with Gasteiger partial charge in [-0.05, 0) is 17.7 Å². The van der Waals surface area contributed by atoms with Crippen LogP contribution in [0.25, 0.3) is 0 Å². The van der Waals surface area contributed by atoms with Crippen LogP contribution in [0.5, 0.6) is 5.75 Å². The molecular weight excluding hydrogens is 296 g/mol. The average Bonchev–Trinajstić information content (AvgIpc) is 2.62. The highest BCUT2D eigenvalue weighted by atomic mass is 16.5. The predicted molar refractivity (Wildman–Crippen MR) is 84.5 cm³/mol. The zero-order valence-electron chi connectivity index (χ0n) is 12.8. The number of ether oxygens (including phenoxy) is 1. The summed E-state index contributed by atoms with van der Waals surface area (Å²) in [6.45, 7) is 1.86.